The number of hydrogen-bond acceptors (Lipinski definition) is 3. The zero-order valence-corrected chi connectivity index (χ0v) is 11.4. The molecule has 0 spiro atoms. The molecular formula is C14H18N2OS. The first-order valence-electron chi connectivity index (χ1n) is 6.44. The third kappa shape index (κ3) is 2.48. The lowest BCUT2D eigenvalue weighted by Crippen LogP contribution is -2.13. The van der Waals surface area contributed by atoms with Crippen LogP contribution in [0, 0.1) is 5.92 Å². The molecule has 2 aromatic rings. The van der Waals surface area contributed by atoms with E-state index in [1.165, 1.54) is 30.0 Å². The lowest BCUT2D eigenvalue weighted by molar-refractivity contribution is 0.412. The fraction of sp³-hybridized carbons (Fsp3) is 0.500. The molecule has 0 N–H and O–H groups in total. The Morgan fingerprint density at radius 1 is 1.44 bits per heavy atom. The first-order chi connectivity index (χ1) is 8.85. The first kappa shape index (κ1) is 11.9. The second kappa shape index (κ2) is 5.22. The number of ether oxygens (including phenoxy) is 1. The molecule has 1 saturated heterocycles. The molecule has 0 aromatic carbocycles. The highest BCUT2D eigenvalue weighted by Gasteiger charge is 2.15. The van der Waals surface area contributed by atoms with Crippen LogP contribution < -0.4 is 4.74 Å². The smallest absolute Gasteiger partial charge is 0.137 e. The molecular weight excluding hydrogens is 244 g/mol. The third-order valence-electron chi connectivity index (χ3n) is 3.46. The van der Waals surface area contributed by atoms with Crippen LogP contribution in [-0.2, 0) is 6.42 Å². The zero-order chi connectivity index (χ0) is 12.4. The molecule has 2 aromatic heterocycles. The van der Waals surface area contributed by atoms with Crippen molar-refractivity contribution in [2.24, 2.45) is 5.92 Å². The number of hydrogen-bond donors (Lipinski definition) is 0. The molecule has 1 unspecified atom stereocenters. The van der Waals surface area contributed by atoms with Crippen molar-refractivity contribution >= 4 is 17.4 Å². The van der Waals surface area contributed by atoms with Crippen LogP contribution in [-0.4, -0.2) is 28.0 Å². The van der Waals surface area contributed by atoms with Crippen LogP contribution in [0.3, 0.4) is 0 Å². The van der Waals surface area contributed by atoms with Gasteiger partial charge in [0.2, 0.25) is 0 Å². The lowest BCUT2D eigenvalue weighted by Gasteiger charge is -2.19. The molecule has 1 aliphatic heterocycles. The molecule has 0 aliphatic carbocycles. The highest BCUT2D eigenvalue weighted by Crippen LogP contribution is 2.25. The van der Waals surface area contributed by atoms with Gasteiger partial charge in [-0.25, -0.2) is 4.98 Å². The van der Waals surface area contributed by atoms with Gasteiger partial charge in [-0.1, -0.05) is 0 Å². The number of methoxy groups -OCH3 is 1. The number of rotatable bonds is 3. The fourth-order valence-corrected chi connectivity index (χ4v) is 3.66. The van der Waals surface area contributed by atoms with Gasteiger partial charge in [0.05, 0.1) is 19.0 Å². The van der Waals surface area contributed by atoms with Gasteiger partial charge in [-0.2, -0.15) is 11.8 Å². The molecule has 4 heteroatoms. The molecule has 3 heterocycles. The molecule has 1 atom stereocenters. The van der Waals surface area contributed by atoms with E-state index in [9.17, 15) is 0 Å². The molecule has 1 fully saturated rings. The number of imidazole rings is 1. The summed E-state index contributed by atoms with van der Waals surface area (Å²) >= 11 is 2.08. The predicted octanol–water partition coefficient (Wildman–Crippen LogP) is 3.03. The molecule has 1 aliphatic rings. The molecule has 96 valence electrons. The number of aromatic nitrogens is 2. The second-order valence-corrected chi connectivity index (χ2v) is 6.00. The van der Waals surface area contributed by atoms with Crippen molar-refractivity contribution < 1.29 is 4.74 Å². The van der Waals surface area contributed by atoms with Gasteiger partial charge >= 0.3 is 0 Å². The van der Waals surface area contributed by atoms with Crippen LogP contribution in [0.5, 0.6) is 5.75 Å². The Hall–Kier alpha value is -1.16. The number of pyridine rings is 1. The largest absolute Gasteiger partial charge is 0.495 e. The van der Waals surface area contributed by atoms with Crippen LogP contribution in [0.1, 0.15) is 18.5 Å². The van der Waals surface area contributed by atoms with Gasteiger partial charge in [-0.05, 0) is 48.8 Å². The van der Waals surface area contributed by atoms with E-state index in [0.29, 0.717) is 0 Å². The molecule has 0 radical (unpaired) electrons. The summed E-state index contributed by atoms with van der Waals surface area (Å²) < 4.78 is 7.29. The van der Waals surface area contributed by atoms with Crippen molar-refractivity contribution in [1.82, 2.24) is 9.38 Å². The highest BCUT2D eigenvalue weighted by molar-refractivity contribution is 7.99. The van der Waals surface area contributed by atoms with Gasteiger partial charge in [0.25, 0.3) is 0 Å². The van der Waals surface area contributed by atoms with E-state index in [1.807, 2.05) is 18.3 Å². The summed E-state index contributed by atoms with van der Waals surface area (Å²) in [7, 11) is 1.69. The minimum Gasteiger partial charge on any atom is -0.495 e. The maximum atomic E-state index is 5.23. The summed E-state index contributed by atoms with van der Waals surface area (Å²) in [4.78, 5) is 4.68. The van der Waals surface area contributed by atoms with Crippen LogP contribution in [0.15, 0.2) is 24.5 Å². The van der Waals surface area contributed by atoms with Crippen LogP contribution >= 0.6 is 11.8 Å². The van der Waals surface area contributed by atoms with Gasteiger partial charge in [0.15, 0.2) is 0 Å². The van der Waals surface area contributed by atoms with Gasteiger partial charge in [0.1, 0.15) is 11.4 Å². The normalized spacial score (nSPS) is 20.2. The minimum absolute atomic E-state index is 0.801. The van der Waals surface area contributed by atoms with Crippen molar-refractivity contribution in [2.45, 2.75) is 19.3 Å². The minimum atomic E-state index is 0.801. The molecule has 3 rings (SSSR count). The number of thioether (sulfide) groups is 1. The Morgan fingerprint density at radius 2 is 2.39 bits per heavy atom. The van der Waals surface area contributed by atoms with Crippen LogP contribution in [0.25, 0.3) is 5.65 Å². The monoisotopic (exact) mass is 262 g/mol. The van der Waals surface area contributed by atoms with E-state index in [-0.39, 0.29) is 0 Å². The summed E-state index contributed by atoms with van der Waals surface area (Å²) in [6, 6.07) is 3.97. The molecule has 3 nitrogen and oxygen atoms in total. The van der Waals surface area contributed by atoms with E-state index in [0.717, 1.165) is 23.7 Å². The Morgan fingerprint density at radius 3 is 3.17 bits per heavy atom. The summed E-state index contributed by atoms with van der Waals surface area (Å²) in [6.45, 7) is 0. The summed E-state index contributed by atoms with van der Waals surface area (Å²) in [5.74, 6) is 4.30. The van der Waals surface area contributed by atoms with Crippen molar-refractivity contribution in [2.75, 3.05) is 18.6 Å². The Bertz CT molecular complexity index is 532. The Labute approximate surface area is 112 Å². The predicted molar refractivity (Wildman–Crippen MR) is 75.5 cm³/mol. The SMILES string of the molecule is COc1ccc2nc(CC3CCCSC3)cn2c1. The third-order valence-corrected chi connectivity index (χ3v) is 4.75. The Balaban J connectivity index is 1.79. The van der Waals surface area contributed by atoms with Crippen LogP contribution in [0.2, 0.25) is 0 Å². The molecule has 18 heavy (non-hydrogen) atoms. The molecule has 0 amide bonds. The number of fused-ring (bicyclic) bond motifs is 1. The van der Waals surface area contributed by atoms with Crippen molar-refractivity contribution in [1.29, 1.82) is 0 Å². The topological polar surface area (TPSA) is 26.5 Å². The standard InChI is InChI=1S/C14H18N2OS/c1-17-13-4-5-14-15-12(8-16(14)9-13)7-11-3-2-6-18-10-11/h4-5,8-9,11H,2-3,6-7,10H2,1H3. The Kier molecular flexibility index (Phi) is 3.46. The molecule has 0 saturated carbocycles. The second-order valence-electron chi connectivity index (χ2n) is 4.85. The van der Waals surface area contributed by atoms with Crippen molar-refractivity contribution in [3.05, 3.63) is 30.2 Å². The van der Waals surface area contributed by atoms with Crippen LogP contribution in [0.4, 0.5) is 0 Å². The average molecular weight is 262 g/mol. The van der Waals surface area contributed by atoms with Gasteiger partial charge in [0, 0.05) is 6.20 Å². The van der Waals surface area contributed by atoms with E-state index in [1.54, 1.807) is 7.11 Å². The summed E-state index contributed by atoms with van der Waals surface area (Å²) in [6.07, 6.45) is 7.94. The van der Waals surface area contributed by atoms with Crippen molar-refractivity contribution in [3.63, 3.8) is 0 Å². The van der Waals surface area contributed by atoms with Gasteiger partial charge in [-0.3, -0.25) is 0 Å². The maximum Gasteiger partial charge on any atom is 0.137 e. The van der Waals surface area contributed by atoms with Gasteiger partial charge in [-0.15, -0.1) is 0 Å². The van der Waals surface area contributed by atoms with E-state index in [2.05, 4.69) is 27.3 Å². The van der Waals surface area contributed by atoms with E-state index >= 15 is 0 Å². The summed E-state index contributed by atoms with van der Waals surface area (Å²) in [5, 5.41) is 0. The average Bonchev–Trinajstić information content (AvgIpc) is 2.80. The zero-order valence-electron chi connectivity index (χ0n) is 10.6. The molecule has 0 bridgehead atoms. The van der Waals surface area contributed by atoms with Gasteiger partial charge < -0.3 is 9.14 Å². The first-order valence-corrected chi connectivity index (χ1v) is 7.60. The highest BCUT2D eigenvalue weighted by atomic mass is 32.2. The van der Waals surface area contributed by atoms with Crippen molar-refractivity contribution in [3.8, 4) is 5.75 Å². The lowest BCUT2D eigenvalue weighted by atomic mass is 10.00. The van der Waals surface area contributed by atoms with E-state index in [4.69, 9.17) is 4.74 Å². The number of nitrogens with zero attached hydrogens (tertiary/aromatic N) is 2. The fourth-order valence-electron chi connectivity index (χ4n) is 2.51. The summed E-state index contributed by atoms with van der Waals surface area (Å²) in [5.41, 5.74) is 2.21. The van der Waals surface area contributed by atoms with E-state index < -0.39 is 0 Å². The quantitative estimate of drug-likeness (QED) is 0.850. The maximum absolute atomic E-state index is 5.23.